The molecule has 0 aliphatic rings. The number of nitrogens with zero attached hydrogens (tertiary/aromatic N) is 4. The van der Waals surface area contributed by atoms with Crippen molar-refractivity contribution in [1.82, 2.24) is 20.0 Å². The largest absolute Gasteiger partial charge is 0.323 e. The van der Waals surface area contributed by atoms with Gasteiger partial charge in [0, 0.05) is 11.1 Å². The third kappa shape index (κ3) is 2.65. The molecular formula is C10H15N5S. The summed E-state index contributed by atoms with van der Waals surface area (Å²) in [6, 6.07) is 0.000195. The normalized spacial score (nSPS) is 12.9. The van der Waals surface area contributed by atoms with Crippen LogP contribution in [0.5, 0.6) is 0 Å². The maximum absolute atomic E-state index is 5.97. The van der Waals surface area contributed by atoms with E-state index in [1.54, 1.807) is 16.0 Å². The summed E-state index contributed by atoms with van der Waals surface area (Å²) in [6.45, 7) is 2.83. The Morgan fingerprint density at radius 1 is 1.56 bits per heavy atom. The number of nitrogens with two attached hydrogens (primary N) is 1. The van der Waals surface area contributed by atoms with Crippen LogP contribution < -0.4 is 5.73 Å². The lowest BCUT2D eigenvalue weighted by molar-refractivity contribution is 0.617. The first-order chi connectivity index (χ1) is 7.79. The highest BCUT2D eigenvalue weighted by atomic mass is 32.1. The second-order valence-corrected chi connectivity index (χ2v) is 4.67. The smallest absolute Gasteiger partial charge is 0.0994 e. The van der Waals surface area contributed by atoms with E-state index < -0.39 is 0 Å². The zero-order valence-corrected chi connectivity index (χ0v) is 10.0. The van der Waals surface area contributed by atoms with Crippen LogP contribution in [0.2, 0.25) is 0 Å². The second-order valence-electron chi connectivity index (χ2n) is 3.70. The van der Waals surface area contributed by atoms with Gasteiger partial charge in [0.1, 0.15) is 0 Å². The van der Waals surface area contributed by atoms with Gasteiger partial charge in [0.25, 0.3) is 0 Å². The van der Waals surface area contributed by atoms with E-state index in [-0.39, 0.29) is 6.04 Å². The molecule has 0 saturated carbocycles. The molecule has 1 unspecified atom stereocenters. The molecule has 0 radical (unpaired) electrons. The van der Waals surface area contributed by atoms with E-state index in [0.717, 1.165) is 25.1 Å². The van der Waals surface area contributed by atoms with Crippen LogP contribution in [0.3, 0.4) is 0 Å². The second kappa shape index (κ2) is 5.18. The zero-order chi connectivity index (χ0) is 11.4. The van der Waals surface area contributed by atoms with E-state index in [1.165, 1.54) is 4.88 Å². The third-order valence-electron chi connectivity index (χ3n) is 2.34. The van der Waals surface area contributed by atoms with Crippen LogP contribution in [-0.4, -0.2) is 20.0 Å². The van der Waals surface area contributed by atoms with Crippen molar-refractivity contribution in [2.75, 3.05) is 0 Å². The highest BCUT2D eigenvalue weighted by Crippen LogP contribution is 2.13. The number of rotatable bonds is 5. The summed E-state index contributed by atoms with van der Waals surface area (Å²) in [7, 11) is 0. The van der Waals surface area contributed by atoms with Crippen LogP contribution >= 0.6 is 11.3 Å². The van der Waals surface area contributed by atoms with Crippen LogP contribution in [0.1, 0.15) is 36.4 Å². The highest BCUT2D eigenvalue weighted by Gasteiger charge is 2.09. The van der Waals surface area contributed by atoms with Crippen molar-refractivity contribution in [2.45, 2.75) is 32.4 Å². The van der Waals surface area contributed by atoms with Gasteiger partial charge in [0.2, 0.25) is 0 Å². The number of aromatic nitrogens is 4. The summed E-state index contributed by atoms with van der Waals surface area (Å²) in [4.78, 5) is 5.19. The predicted molar refractivity (Wildman–Crippen MR) is 63.1 cm³/mol. The fourth-order valence-electron chi connectivity index (χ4n) is 1.50. The zero-order valence-electron chi connectivity index (χ0n) is 9.21. The van der Waals surface area contributed by atoms with Crippen molar-refractivity contribution in [2.24, 2.45) is 5.73 Å². The molecule has 0 spiro atoms. The fraction of sp³-hybridized carbons (Fsp3) is 0.500. The third-order valence-corrected chi connectivity index (χ3v) is 3.10. The number of thiazole rings is 1. The number of hydrogen-bond donors (Lipinski definition) is 1. The van der Waals surface area contributed by atoms with Gasteiger partial charge in [-0.3, -0.25) is 4.98 Å². The van der Waals surface area contributed by atoms with Gasteiger partial charge in [-0.25, -0.2) is 4.68 Å². The summed E-state index contributed by atoms with van der Waals surface area (Å²) < 4.78 is 1.80. The highest BCUT2D eigenvalue weighted by molar-refractivity contribution is 7.09. The molecule has 0 saturated heterocycles. The monoisotopic (exact) mass is 237 g/mol. The topological polar surface area (TPSA) is 69.6 Å². The Morgan fingerprint density at radius 3 is 3.12 bits per heavy atom. The Labute approximate surface area is 98.3 Å². The molecule has 0 amide bonds. The lowest BCUT2D eigenvalue weighted by Crippen LogP contribution is -2.10. The van der Waals surface area contributed by atoms with Crippen molar-refractivity contribution >= 4 is 11.3 Å². The molecule has 2 heterocycles. The minimum Gasteiger partial charge on any atom is -0.323 e. The molecule has 0 aliphatic carbocycles. The Bertz CT molecular complexity index is 422. The van der Waals surface area contributed by atoms with Crippen molar-refractivity contribution in [3.05, 3.63) is 28.5 Å². The molecule has 2 rings (SSSR count). The predicted octanol–water partition coefficient (Wildman–Crippen LogP) is 1.58. The average Bonchev–Trinajstić information content (AvgIpc) is 2.90. The maximum Gasteiger partial charge on any atom is 0.0994 e. The van der Waals surface area contributed by atoms with Crippen LogP contribution in [-0.2, 0) is 6.54 Å². The van der Waals surface area contributed by atoms with E-state index in [2.05, 4.69) is 22.2 Å². The molecule has 2 aromatic rings. The number of hydrogen-bond acceptors (Lipinski definition) is 5. The summed E-state index contributed by atoms with van der Waals surface area (Å²) in [6.07, 6.45) is 5.76. The van der Waals surface area contributed by atoms with Crippen LogP contribution in [0.25, 0.3) is 0 Å². The molecule has 16 heavy (non-hydrogen) atoms. The van der Waals surface area contributed by atoms with Gasteiger partial charge in [0.05, 0.1) is 30.0 Å². The Morgan fingerprint density at radius 2 is 2.44 bits per heavy atom. The van der Waals surface area contributed by atoms with Crippen molar-refractivity contribution in [1.29, 1.82) is 0 Å². The average molecular weight is 237 g/mol. The molecule has 1 atom stereocenters. The SMILES string of the molecule is CCCC(N)c1cn(Cc2cncs2)nn1. The fourth-order valence-corrected chi connectivity index (χ4v) is 2.08. The van der Waals surface area contributed by atoms with Crippen molar-refractivity contribution in [3.63, 3.8) is 0 Å². The minimum absolute atomic E-state index is 0.000195. The van der Waals surface area contributed by atoms with Gasteiger partial charge in [0.15, 0.2) is 0 Å². The van der Waals surface area contributed by atoms with Crippen LogP contribution in [0.15, 0.2) is 17.9 Å². The van der Waals surface area contributed by atoms with E-state index in [0.29, 0.717) is 0 Å². The molecule has 86 valence electrons. The molecule has 6 heteroatoms. The van der Waals surface area contributed by atoms with E-state index >= 15 is 0 Å². The van der Waals surface area contributed by atoms with E-state index in [1.807, 2.05) is 17.9 Å². The molecule has 0 aliphatic heterocycles. The molecule has 2 N–H and O–H groups in total. The van der Waals surface area contributed by atoms with Crippen LogP contribution in [0, 0.1) is 0 Å². The summed E-state index contributed by atoms with van der Waals surface area (Å²) in [5.74, 6) is 0. The van der Waals surface area contributed by atoms with E-state index in [9.17, 15) is 0 Å². The maximum atomic E-state index is 5.97. The molecule has 0 fully saturated rings. The standard InChI is InChI=1S/C10H15N5S/c1-2-3-9(11)10-6-15(14-13-10)5-8-4-12-7-16-8/h4,6-7,9H,2-3,5,11H2,1H3. The van der Waals surface area contributed by atoms with Gasteiger partial charge < -0.3 is 5.73 Å². The first kappa shape index (κ1) is 11.2. The Kier molecular flexibility index (Phi) is 3.63. The Hall–Kier alpha value is -1.27. The van der Waals surface area contributed by atoms with Crippen LogP contribution in [0.4, 0.5) is 0 Å². The van der Waals surface area contributed by atoms with Gasteiger partial charge in [-0.1, -0.05) is 18.6 Å². The van der Waals surface area contributed by atoms with Gasteiger partial charge in [-0.2, -0.15) is 0 Å². The molecule has 2 aromatic heterocycles. The summed E-state index contributed by atoms with van der Waals surface area (Å²) in [5.41, 5.74) is 8.65. The first-order valence-electron chi connectivity index (χ1n) is 5.32. The summed E-state index contributed by atoms with van der Waals surface area (Å²) >= 11 is 1.61. The minimum atomic E-state index is 0.000195. The molecule has 0 aromatic carbocycles. The van der Waals surface area contributed by atoms with Gasteiger partial charge >= 0.3 is 0 Å². The van der Waals surface area contributed by atoms with E-state index in [4.69, 9.17) is 5.73 Å². The van der Waals surface area contributed by atoms with Crippen molar-refractivity contribution < 1.29 is 0 Å². The lowest BCUT2D eigenvalue weighted by Gasteiger charge is -2.04. The quantitative estimate of drug-likeness (QED) is 0.857. The van der Waals surface area contributed by atoms with Gasteiger partial charge in [-0.05, 0) is 6.42 Å². The van der Waals surface area contributed by atoms with Gasteiger partial charge in [-0.15, -0.1) is 16.4 Å². The lowest BCUT2D eigenvalue weighted by atomic mass is 10.1. The Balaban J connectivity index is 2.02. The van der Waals surface area contributed by atoms with Crippen molar-refractivity contribution in [3.8, 4) is 0 Å². The summed E-state index contributed by atoms with van der Waals surface area (Å²) in [5, 5.41) is 8.15. The first-order valence-corrected chi connectivity index (χ1v) is 6.20. The molecule has 0 bridgehead atoms. The molecule has 5 nitrogen and oxygen atoms in total. The molecular weight excluding hydrogens is 222 g/mol.